The van der Waals surface area contributed by atoms with Gasteiger partial charge in [0.15, 0.2) is 0 Å². The zero-order valence-corrected chi connectivity index (χ0v) is 11.9. The molecular weight excluding hydrogens is 291 g/mol. The normalized spacial score (nSPS) is 15.6. The molecular formula is C17H16F3NO. The number of rotatable bonds is 2. The standard InChI is InChI=1S/C17H16F3NO/c18-17(19,20)16-9-15(22)6-5-14(16)11-21-8-7-12-3-1-2-4-13(12)10-21/h1-6,9,22H,7-8,10-11H2. The topological polar surface area (TPSA) is 23.5 Å². The SMILES string of the molecule is Oc1ccc(CN2CCc3ccccc3C2)c(C(F)(F)F)c1. The molecule has 0 saturated carbocycles. The van der Waals surface area contributed by atoms with Gasteiger partial charge in [0, 0.05) is 19.6 Å². The summed E-state index contributed by atoms with van der Waals surface area (Å²) in [6.07, 6.45) is -3.61. The minimum absolute atomic E-state index is 0.199. The van der Waals surface area contributed by atoms with Gasteiger partial charge < -0.3 is 5.11 Å². The van der Waals surface area contributed by atoms with E-state index in [1.165, 1.54) is 23.3 Å². The molecule has 116 valence electrons. The van der Waals surface area contributed by atoms with Crippen LogP contribution in [0.25, 0.3) is 0 Å². The van der Waals surface area contributed by atoms with Crippen LogP contribution in [-0.2, 0) is 25.7 Å². The van der Waals surface area contributed by atoms with Crippen LogP contribution in [0.3, 0.4) is 0 Å². The Bertz CT molecular complexity index is 682. The van der Waals surface area contributed by atoms with Gasteiger partial charge in [-0.3, -0.25) is 4.90 Å². The van der Waals surface area contributed by atoms with Gasteiger partial charge >= 0.3 is 6.18 Å². The predicted molar refractivity (Wildman–Crippen MR) is 77.4 cm³/mol. The average Bonchev–Trinajstić information content (AvgIpc) is 2.48. The van der Waals surface area contributed by atoms with Crippen molar-refractivity contribution in [1.29, 1.82) is 0 Å². The molecule has 0 radical (unpaired) electrons. The lowest BCUT2D eigenvalue weighted by molar-refractivity contribution is -0.138. The first-order valence-electron chi connectivity index (χ1n) is 7.12. The third-order valence-electron chi connectivity index (χ3n) is 4.00. The van der Waals surface area contributed by atoms with Crippen molar-refractivity contribution in [2.24, 2.45) is 0 Å². The number of benzene rings is 2. The summed E-state index contributed by atoms with van der Waals surface area (Å²) in [7, 11) is 0. The minimum Gasteiger partial charge on any atom is -0.508 e. The molecule has 5 heteroatoms. The summed E-state index contributed by atoms with van der Waals surface area (Å²) in [5, 5.41) is 9.32. The molecule has 3 rings (SSSR count). The second-order valence-electron chi connectivity index (χ2n) is 5.57. The molecule has 1 aliphatic heterocycles. The fraction of sp³-hybridized carbons (Fsp3) is 0.294. The highest BCUT2D eigenvalue weighted by Crippen LogP contribution is 2.35. The second kappa shape index (κ2) is 5.65. The lowest BCUT2D eigenvalue weighted by atomic mass is 9.98. The summed E-state index contributed by atoms with van der Waals surface area (Å²) in [5.41, 5.74) is 1.87. The van der Waals surface area contributed by atoms with Crippen molar-refractivity contribution in [1.82, 2.24) is 4.90 Å². The molecule has 0 amide bonds. The Labute approximate surface area is 126 Å². The molecule has 0 spiro atoms. The molecule has 2 aromatic carbocycles. The molecule has 0 atom stereocenters. The van der Waals surface area contributed by atoms with E-state index in [1.807, 2.05) is 23.1 Å². The number of nitrogens with zero attached hydrogens (tertiary/aromatic N) is 1. The highest BCUT2D eigenvalue weighted by atomic mass is 19.4. The van der Waals surface area contributed by atoms with Crippen LogP contribution >= 0.6 is 0 Å². The van der Waals surface area contributed by atoms with E-state index in [4.69, 9.17) is 0 Å². The first-order valence-corrected chi connectivity index (χ1v) is 7.12. The Morgan fingerprint density at radius 3 is 2.50 bits per heavy atom. The van der Waals surface area contributed by atoms with Gasteiger partial charge in [-0.05, 0) is 35.2 Å². The highest BCUT2D eigenvalue weighted by molar-refractivity contribution is 5.37. The van der Waals surface area contributed by atoms with Gasteiger partial charge in [-0.2, -0.15) is 13.2 Å². The maximum absolute atomic E-state index is 13.1. The first kappa shape index (κ1) is 14.9. The third kappa shape index (κ3) is 3.09. The molecule has 0 saturated heterocycles. The summed E-state index contributed by atoms with van der Waals surface area (Å²) in [6.45, 7) is 1.60. The number of hydrogen-bond donors (Lipinski definition) is 1. The highest BCUT2D eigenvalue weighted by Gasteiger charge is 2.34. The van der Waals surface area contributed by atoms with Crippen molar-refractivity contribution < 1.29 is 18.3 Å². The number of phenolic OH excluding ortho intramolecular Hbond substituents is 1. The lowest BCUT2D eigenvalue weighted by Crippen LogP contribution is -2.30. The fourth-order valence-electron chi connectivity index (χ4n) is 2.90. The van der Waals surface area contributed by atoms with Gasteiger partial charge in [0.1, 0.15) is 5.75 Å². The fourth-order valence-corrected chi connectivity index (χ4v) is 2.90. The predicted octanol–water partition coefficient (Wildman–Crippen LogP) is 3.97. The Hall–Kier alpha value is -2.01. The van der Waals surface area contributed by atoms with Crippen LogP contribution in [0, 0.1) is 0 Å². The van der Waals surface area contributed by atoms with Crippen molar-refractivity contribution in [3.63, 3.8) is 0 Å². The van der Waals surface area contributed by atoms with Crippen LogP contribution < -0.4 is 0 Å². The van der Waals surface area contributed by atoms with Crippen molar-refractivity contribution in [2.45, 2.75) is 25.7 Å². The number of alkyl halides is 3. The zero-order valence-electron chi connectivity index (χ0n) is 11.9. The van der Waals surface area contributed by atoms with Crippen molar-refractivity contribution in [3.05, 3.63) is 64.7 Å². The maximum Gasteiger partial charge on any atom is 0.416 e. The molecule has 0 unspecified atom stereocenters. The van der Waals surface area contributed by atoms with Gasteiger partial charge in [0.25, 0.3) is 0 Å². The Morgan fingerprint density at radius 1 is 1.05 bits per heavy atom. The summed E-state index contributed by atoms with van der Waals surface area (Å²) in [6, 6.07) is 11.5. The summed E-state index contributed by atoms with van der Waals surface area (Å²) >= 11 is 0. The van der Waals surface area contributed by atoms with E-state index in [2.05, 4.69) is 6.07 Å². The van der Waals surface area contributed by atoms with E-state index in [0.29, 0.717) is 6.54 Å². The lowest BCUT2D eigenvalue weighted by Gasteiger charge is -2.29. The van der Waals surface area contributed by atoms with E-state index < -0.39 is 11.7 Å². The summed E-state index contributed by atoms with van der Waals surface area (Å²) in [5.74, 6) is -0.361. The number of phenols is 1. The molecule has 2 nitrogen and oxygen atoms in total. The van der Waals surface area contributed by atoms with Crippen molar-refractivity contribution in [3.8, 4) is 5.75 Å². The minimum atomic E-state index is -4.46. The Kier molecular flexibility index (Phi) is 3.83. The number of aromatic hydroxyl groups is 1. The number of fused-ring (bicyclic) bond motifs is 1. The zero-order chi connectivity index (χ0) is 15.7. The quantitative estimate of drug-likeness (QED) is 0.907. The van der Waals surface area contributed by atoms with Gasteiger partial charge in [-0.25, -0.2) is 0 Å². The van der Waals surface area contributed by atoms with Gasteiger partial charge in [-0.15, -0.1) is 0 Å². The van der Waals surface area contributed by atoms with Crippen LogP contribution in [-0.4, -0.2) is 16.6 Å². The Balaban J connectivity index is 1.83. The van der Waals surface area contributed by atoms with Crippen LogP contribution in [0.2, 0.25) is 0 Å². The first-order chi connectivity index (χ1) is 10.4. The second-order valence-corrected chi connectivity index (χ2v) is 5.57. The molecule has 22 heavy (non-hydrogen) atoms. The van der Waals surface area contributed by atoms with Gasteiger partial charge in [0.05, 0.1) is 5.56 Å². The van der Waals surface area contributed by atoms with Crippen molar-refractivity contribution in [2.75, 3.05) is 6.54 Å². The third-order valence-corrected chi connectivity index (χ3v) is 4.00. The van der Waals surface area contributed by atoms with Gasteiger partial charge in [-0.1, -0.05) is 30.3 Å². The van der Waals surface area contributed by atoms with E-state index >= 15 is 0 Å². The van der Waals surface area contributed by atoms with Crippen LogP contribution in [0.15, 0.2) is 42.5 Å². The molecule has 0 aromatic heterocycles. The molecule has 0 aliphatic carbocycles. The van der Waals surface area contributed by atoms with E-state index in [1.54, 1.807) is 0 Å². The van der Waals surface area contributed by atoms with Crippen LogP contribution in [0.4, 0.5) is 13.2 Å². The molecule has 0 bridgehead atoms. The maximum atomic E-state index is 13.1. The average molecular weight is 307 g/mol. The molecule has 0 fully saturated rings. The summed E-state index contributed by atoms with van der Waals surface area (Å²) < 4.78 is 39.3. The van der Waals surface area contributed by atoms with E-state index in [9.17, 15) is 18.3 Å². The number of hydrogen-bond acceptors (Lipinski definition) is 2. The molecule has 1 heterocycles. The van der Waals surface area contributed by atoms with Crippen LogP contribution in [0.1, 0.15) is 22.3 Å². The van der Waals surface area contributed by atoms with E-state index in [-0.39, 0.29) is 17.9 Å². The monoisotopic (exact) mass is 307 g/mol. The van der Waals surface area contributed by atoms with Crippen LogP contribution in [0.5, 0.6) is 5.75 Å². The number of halogens is 3. The molecule has 1 N–H and O–H groups in total. The van der Waals surface area contributed by atoms with E-state index in [0.717, 1.165) is 19.0 Å². The Morgan fingerprint density at radius 2 is 1.77 bits per heavy atom. The molecule has 2 aromatic rings. The molecule has 1 aliphatic rings. The summed E-state index contributed by atoms with van der Waals surface area (Å²) in [4.78, 5) is 2.00. The van der Waals surface area contributed by atoms with Gasteiger partial charge in [0.2, 0.25) is 0 Å². The van der Waals surface area contributed by atoms with Crippen molar-refractivity contribution >= 4 is 0 Å². The largest absolute Gasteiger partial charge is 0.508 e. The smallest absolute Gasteiger partial charge is 0.416 e.